The molecule has 9 nitrogen and oxygen atoms in total. The van der Waals surface area contributed by atoms with Gasteiger partial charge in [-0.3, -0.25) is 14.4 Å². The van der Waals surface area contributed by atoms with E-state index in [9.17, 15) is 34.8 Å². The fourth-order valence-electron chi connectivity index (χ4n) is 7.73. The Balaban J connectivity index is 1.95. The van der Waals surface area contributed by atoms with Crippen molar-refractivity contribution in [1.29, 1.82) is 0 Å². The van der Waals surface area contributed by atoms with Crippen molar-refractivity contribution in [1.82, 2.24) is 0 Å². The van der Waals surface area contributed by atoms with Crippen LogP contribution in [0.5, 0.6) is 5.75 Å². The highest BCUT2D eigenvalue weighted by Gasteiger charge is 2.75. The summed E-state index contributed by atoms with van der Waals surface area (Å²) < 4.78 is 0. The number of aromatic hydroxyl groups is 1. The predicted molar refractivity (Wildman–Crippen MR) is 121 cm³/mol. The standard InChI is InChI=1S/C25H34N2O7/c1-10(2)15-19(30)14(22(27)33)20(31)25(34)21(32)16-18(29)13-11(5-6-12(8-26)17(13)28)7-23(16,3)9-24(15,25)4/h5-6,10,14-16,19,21,28,30,32,34H,7-9,26H2,1-4H3,(H2,27,33)/t14?,15-,16?,19?,21?,23+,24+,25-/m0/s1. The summed E-state index contributed by atoms with van der Waals surface area (Å²) in [6.07, 6.45) is -2.89. The normalized spacial score (nSPS) is 41.6. The van der Waals surface area contributed by atoms with Crippen LogP contribution in [0.2, 0.25) is 0 Å². The number of aliphatic hydroxyl groups is 3. The van der Waals surface area contributed by atoms with Crippen LogP contribution in [-0.2, 0) is 22.6 Å². The van der Waals surface area contributed by atoms with Gasteiger partial charge in [-0.1, -0.05) is 39.8 Å². The van der Waals surface area contributed by atoms with E-state index in [1.54, 1.807) is 19.1 Å². The molecule has 3 aliphatic rings. The van der Waals surface area contributed by atoms with Gasteiger partial charge >= 0.3 is 0 Å². The van der Waals surface area contributed by atoms with Gasteiger partial charge in [-0.25, -0.2) is 0 Å². The van der Waals surface area contributed by atoms with Gasteiger partial charge in [0, 0.05) is 17.5 Å². The van der Waals surface area contributed by atoms with Crippen molar-refractivity contribution in [2.24, 2.45) is 46.0 Å². The number of carbonyl (C=O) groups is 3. The molecule has 9 heteroatoms. The van der Waals surface area contributed by atoms with Gasteiger partial charge in [-0.15, -0.1) is 0 Å². The second-order valence-corrected chi connectivity index (χ2v) is 11.3. The second kappa shape index (κ2) is 7.58. The summed E-state index contributed by atoms with van der Waals surface area (Å²) in [4.78, 5) is 39.5. The smallest absolute Gasteiger partial charge is 0.230 e. The summed E-state index contributed by atoms with van der Waals surface area (Å²) in [6.45, 7) is 7.07. The van der Waals surface area contributed by atoms with Crippen molar-refractivity contribution in [2.45, 2.75) is 64.9 Å². The molecule has 34 heavy (non-hydrogen) atoms. The molecule has 1 amide bonds. The number of benzene rings is 1. The third-order valence-electron chi connectivity index (χ3n) is 8.96. The van der Waals surface area contributed by atoms with E-state index in [0.29, 0.717) is 17.5 Å². The SMILES string of the molecule is CC(C)[C@H]1C(O)C(C(N)=O)C(=O)[C@]2(O)C(O)C3C(=O)c4c(ccc(CN)c4O)C[C@]3(C)C[C@]12C. The van der Waals surface area contributed by atoms with Crippen LogP contribution < -0.4 is 11.5 Å². The zero-order valence-electron chi connectivity index (χ0n) is 19.9. The van der Waals surface area contributed by atoms with E-state index in [-0.39, 0.29) is 30.2 Å². The largest absolute Gasteiger partial charge is 0.507 e. The minimum atomic E-state index is -2.50. The maximum absolute atomic E-state index is 13.8. The molecule has 186 valence electrons. The molecule has 0 aromatic heterocycles. The third kappa shape index (κ3) is 2.84. The third-order valence-corrected chi connectivity index (χ3v) is 8.96. The number of hydrogen-bond acceptors (Lipinski definition) is 8. The molecule has 1 aromatic carbocycles. The highest BCUT2D eigenvalue weighted by molar-refractivity contribution is 6.09. The molecule has 2 fully saturated rings. The van der Waals surface area contributed by atoms with Crippen molar-refractivity contribution >= 4 is 17.5 Å². The molecule has 0 saturated heterocycles. The first-order valence-electron chi connectivity index (χ1n) is 11.7. The van der Waals surface area contributed by atoms with Gasteiger partial charge in [0.15, 0.2) is 17.2 Å². The Morgan fingerprint density at radius 1 is 1.21 bits per heavy atom. The quantitative estimate of drug-likeness (QED) is 0.331. The van der Waals surface area contributed by atoms with Crippen LogP contribution in [0.15, 0.2) is 12.1 Å². The van der Waals surface area contributed by atoms with E-state index in [1.165, 1.54) is 0 Å². The number of fused-ring (bicyclic) bond motifs is 3. The average molecular weight is 475 g/mol. The van der Waals surface area contributed by atoms with E-state index in [2.05, 4.69) is 0 Å². The van der Waals surface area contributed by atoms with E-state index < -0.39 is 63.9 Å². The molecule has 0 aliphatic heterocycles. The maximum atomic E-state index is 13.8. The number of hydrogen-bond donors (Lipinski definition) is 6. The zero-order valence-corrected chi connectivity index (χ0v) is 19.9. The molecule has 0 bridgehead atoms. The summed E-state index contributed by atoms with van der Waals surface area (Å²) in [5.41, 5.74) is 7.39. The minimum absolute atomic E-state index is 0.00558. The van der Waals surface area contributed by atoms with Crippen LogP contribution in [0.1, 0.15) is 55.6 Å². The summed E-state index contributed by atoms with van der Waals surface area (Å²) >= 11 is 0. The lowest BCUT2D eigenvalue weighted by molar-refractivity contribution is -0.265. The lowest BCUT2D eigenvalue weighted by atomic mass is 9.39. The number of phenolic OH excluding ortho intramolecular Hbond substituents is 1. The Labute approximate surface area is 198 Å². The molecular formula is C25H34N2O7. The first-order chi connectivity index (χ1) is 15.7. The predicted octanol–water partition coefficient (Wildman–Crippen LogP) is 0.0315. The highest BCUT2D eigenvalue weighted by Crippen LogP contribution is 2.65. The van der Waals surface area contributed by atoms with Gasteiger partial charge in [0.1, 0.15) is 17.8 Å². The Morgan fingerprint density at radius 3 is 2.35 bits per heavy atom. The Morgan fingerprint density at radius 2 is 1.82 bits per heavy atom. The van der Waals surface area contributed by atoms with Crippen LogP contribution in [0.25, 0.3) is 0 Å². The molecular weight excluding hydrogens is 440 g/mol. The monoisotopic (exact) mass is 474 g/mol. The van der Waals surface area contributed by atoms with E-state index in [4.69, 9.17) is 11.5 Å². The molecule has 3 aliphatic carbocycles. The van der Waals surface area contributed by atoms with Crippen molar-refractivity contribution < 1.29 is 34.8 Å². The minimum Gasteiger partial charge on any atom is -0.507 e. The second-order valence-electron chi connectivity index (χ2n) is 11.3. The lowest BCUT2D eigenvalue weighted by Gasteiger charge is -2.66. The van der Waals surface area contributed by atoms with Gasteiger partial charge in [0.2, 0.25) is 5.91 Å². The molecule has 0 radical (unpaired) electrons. The number of nitrogens with two attached hydrogens (primary N) is 2. The van der Waals surface area contributed by atoms with Crippen LogP contribution in [0, 0.1) is 34.5 Å². The molecule has 0 heterocycles. The summed E-state index contributed by atoms with van der Waals surface area (Å²) in [5, 5.41) is 45.4. The molecule has 1 aromatic rings. The molecule has 8 N–H and O–H groups in total. The maximum Gasteiger partial charge on any atom is 0.230 e. The van der Waals surface area contributed by atoms with Gasteiger partial charge < -0.3 is 31.9 Å². The van der Waals surface area contributed by atoms with Crippen LogP contribution in [0.4, 0.5) is 0 Å². The first kappa shape index (κ1) is 24.8. The molecule has 2 saturated carbocycles. The number of Topliss-reactive ketones (excluding diaryl/α,β-unsaturated/α-hetero) is 2. The fourth-order valence-corrected chi connectivity index (χ4v) is 7.73. The van der Waals surface area contributed by atoms with Crippen molar-refractivity contribution in [3.63, 3.8) is 0 Å². The molecule has 4 unspecified atom stereocenters. The first-order valence-corrected chi connectivity index (χ1v) is 11.7. The summed E-state index contributed by atoms with van der Waals surface area (Å²) in [5.74, 6) is -6.99. The van der Waals surface area contributed by atoms with Gasteiger partial charge in [-0.2, -0.15) is 0 Å². The van der Waals surface area contributed by atoms with Crippen LogP contribution in [-0.4, -0.2) is 55.7 Å². The van der Waals surface area contributed by atoms with Gasteiger partial charge in [-0.05, 0) is 35.7 Å². The number of phenols is 1. The van der Waals surface area contributed by atoms with Crippen LogP contribution in [0.3, 0.4) is 0 Å². The Hall–Kier alpha value is -2.33. The van der Waals surface area contributed by atoms with E-state index >= 15 is 0 Å². The highest BCUT2D eigenvalue weighted by atomic mass is 16.4. The average Bonchev–Trinajstić information content (AvgIpc) is 2.70. The van der Waals surface area contributed by atoms with E-state index in [1.807, 2.05) is 20.8 Å². The molecule has 4 rings (SSSR count). The number of aliphatic hydroxyl groups excluding tert-OH is 2. The number of carbonyl (C=O) groups excluding carboxylic acids is 3. The lowest BCUT2D eigenvalue weighted by Crippen LogP contribution is -2.79. The summed E-state index contributed by atoms with van der Waals surface area (Å²) in [6, 6.07) is 3.39. The number of amides is 1. The van der Waals surface area contributed by atoms with Crippen LogP contribution >= 0.6 is 0 Å². The Kier molecular flexibility index (Phi) is 5.53. The van der Waals surface area contributed by atoms with Crippen molar-refractivity contribution in [3.8, 4) is 5.75 Å². The summed E-state index contributed by atoms with van der Waals surface area (Å²) in [7, 11) is 0. The number of ketones is 2. The Bertz CT molecular complexity index is 1090. The molecule has 8 atom stereocenters. The number of rotatable bonds is 3. The fraction of sp³-hybridized carbons (Fsp3) is 0.640. The topological polar surface area (TPSA) is 184 Å². The van der Waals surface area contributed by atoms with Gasteiger partial charge in [0.25, 0.3) is 0 Å². The zero-order chi connectivity index (χ0) is 25.5. The van der Waals surface area contributed by atoms with E-state index in [0.717, 1.165) is 0 Å². The number of primary amides is 1. The van der Waals surface area contributed by atoms with Crippen molar-refractivity contribution in [3.05, 3.63) is 28.8 Å². The molecule has 0 spiro atoms. The van der Waals surface area contributed by atoms with Gasteiger partial charge in [0.05, 0.1) is 17.6 Å². The van der Waals surface area contributed by atoms with Crippen molar-refractivity contribution in [2.75, 3.05) is 0 Å².